The van der Waals surface area contributed by atoms with Gasteiger partial charge in [0.1, 0.15) is 17.8 Å². The number of aromatic nitrogens is 4. The van der Waals surface area contributed by atoms with Crippen molar-refractivity contribution in [2.24, 2.45) is 5.41 Å². The standard InChI is InChI=1S/C27H41N7O3/c1-7-8-13-20(31-24(35)18(3)30-26(37)27(4,5)6)25(36)29-17(2)21-16-34(33-32-21)22-14-9-11-19-12-10-15-28-23(19)22/h10,12,15-18,20,22H,7-9,11,13-14H2,1-6H3,(H,29,36)(H,30,37)(H,31,35)/t17?,18?,20?,22-/m0/s1. The largest absolute Gasteiger partial charge is 0.346 e. The third-order valence-corrected chi connectivity index (χ3v) is 6.72. The van der Waals surface area contributed by atoms with E-state index in [9.17, 15) is 14.4 Å². The molecule has 2 aromatic rings. The van der Waals surface area contributed by atoms with Gasteiger partial charge in [-0.25, -0.2) is 4.68 Å². The van der Waals surface area contributed by atoms with Gasteiger partial charge in [-0.3, -0.25) is 19.4 Å². The van der Waals surface area contributed by atoms with Crippen LogP contribution in [0.3, 0.4) is 0 Å². The van der Waals surface area contributed by atoms with Crippen molar-refractivity contribution in [3.8, 4) is 0 Å². The second-order valence-corrected chi connectivity index (χ2v) is 11.0. The lowest BCUT2D eigenvalue weighted by atomic mass is 9.92. The van der Waals surface area contributed by atoms with E-state index in [0.29, 0.717) is 12.1 Å². The number of carbonyl (C=O) groups excluding carboxylic acids is 3. The van der Waals surface area contributed by atoms with Crippen molar-refractivity contribution in [1.29, 1.82) is 0 Å². The molecule has 1 aliphatic rings. The van der Waals surface area contributed by atoms with Gasteiger partial charge in [-0.2, -0.15) is 0 Å². The average Bonchev–Trinajstić information content (AvgIpc) is 3.35. The van der Waals surface area contributed by atoms with E-state index >= 15 is 0 Å². The van der Waals surface area contributed by atoms with Crippen molar-refractivity contribution in [2.45, 2.75) is 104 Å². The molecular weight excluding hydrogens is 470 g/mol. The molecule has 3 amide bonds. The maximum atomic E-state index is 13.2. The zero-order chi connectivity index (χ0) is 27.2. The van der Waals surface area contributed by atoms with Crippen molar-refractivity contribution in [1.82, 2.24) is 35.9 Å². The fraction of sp³-hybridized carbons (Fsp3) is 0.630. The number of hydrogen-bond donors (Lipinski definition) is 3. The first kappa shape index (κ1) is 28.3. The Labute approximate surface area is 219 Å². The molecule has 0 aliphatic heterocycles. The summed E-state index contributed by atoms with van der Waals surface area (Å²) in [4.78, 5) is 42.8. The van der Waals surface area contributed by atoms with E-state index < -0.39 is 29.4 Å². The Balaban J connectivity index is 1.64. The van der Waals surface area contributed by atoms with Crippen molar-refractivity contribution >= 4 is 17.7 Å². The van der Waals surface area contributed by atoms with Gasteiger partial charge >= 0.3 is 0 Å². The lowest BCUT2D eigenvalue weighted by Gasteiger charge is -2.25. The molecular formula is C27H41N7O3. The molecule has 2 heterocycles. The van der Waals surface area contributed by atoms with Gasteiger partial charge in [0.2, 0.25) is 17.7 Å². The van der Waals surface area contributed by atoms with Gasteiger partial charge in [0.15, 0.2) is 0 Å². The summed E-state index contributed by atoms with van der Waals surface area (Å²) in [5, 5.41) is 17.2. The molecule has 10 nitrogen and oxygen atoms in total. The predicted octanol–water partition coefficient (Wildman–Crippen LogP) is 3.00. The number of aryl methyl sites for hydroxylation is 1. The molecule has 3 rings (SSSR count). The Bertz CT molecular complexity index is 1090. The molecule has 3 unspecified atom stereocenters. The Morgan fingerprint density at radius 2 is 1.89 bits per heavy atom. The summed E-state index contributed by atoms with van der Waals surface area (Å²) >= 11 is 0. The van der Waals surface area contributed by atoms with Gasteiger partial charge in [-0.1, -0.05) is 51.8 Å². The molecule has 0 aromatic carbocycles. The van der Waals surface area contributed by atoms with Crippen molar-refractivity contribution in [3.63, 3.8) is 0 Å². The highest BCUT2D eigenvalue weighted by Crippen LogP contribution is 2.30. The highest BCUT2D eigenvalue weighted by atomic mass is 16.2. The summed E-state index contributed by atoms with van der Waals surface area (Å²) in [6, 6.07) is 2.22. The molecule has 0 saturated heterocycles. The van der Waals surface area contributed by atoms with E-state index in [1.165, 1.54) is 5.56 Å². The van der Waals surface area contributed by atoms with Crippen LogP contribution in [0.1, 0.15) is 103 Å². The maximum absolute atomic E-state index is 13.2. The zero-order valence-corrected chi connectivity index (χ0v) is 22.9. The zero-order valence-electron chi connectivity index (χ0n) is 22.9. The third kappa shape index (κ3) is 7.36. The lowest BCUT2D eigenvalue weighted by molar-refractivity contribution is -0.134. The van der Waals surface area contributed by atoms with Crippen LogP contribution in [0.25, 0.3) is 0 Å². The third-order valence-electron chi connectivity index (χ3n) is 6.72. The van der Waals surface area contributed by atoms with E-state index in [-0.39, 0.29) is 17.9 Å². The molecule has 3 N–H and O–H groups in total. The molecule has 0 radical (unpaired) electrons. The quantitative estimate of drug-likeness (QED) is 0.449. The molecule has 1 aliphatic carbocycles. The fourth-order valence-corrected chi connectivity index (χ4v) is 4.32. The summed E-state index contributed by atoms with van der Waals surface area (Å²) in [7, 11) is 0. The van der Waals surface area contributed by atoms with Gasteiger partial charge in [-0.15, -0.1) is 5.10 Å². The van der Waals surface area contributed by atoms with E-state index in [1.54, 1.807) is 33.9 Å². The van der Waals surface area contributed by atoms with Gasteiger partial charge in [0, 0.05) is 11.6 Å². The van der Waals surface area contributed by atoms with E-state index in [0.717, 1.165) is 37.8 Å². The molecule has 0 spiro atoms. The highest BCUT2D eigenvalue weighted by Gasteiger charge is 2.29. The van der Waals surface area contributed by atoms with Crippen LogP contribution in [0.15, 0.2) is 24.5 Å². The number of fused-ring (bicyclic) bond motifs is 1. The van der Waals surface area contributed by atoms with Crippen LogP contribution in [0.5, 0.6) is 0 Å². The van der Waals surface area contributed by atoms with E-state index in [2.05, 4.69) is 37.3 Å². The smallest absolute Gasteiger partial charge is 0.243 e. The van der Waals surface area contributed by atoms with E-state index in [4.69, 9.17) is 0 Å². The number of amides is 3. The van der Waals surface area contributed by atoms with Gasteiger partial charge in [-0.05, 0) is 51.2 Å². The lowest BCUT2D eigenvalue weighted by Crippen LogP contribution is -2.54. The number of unbranched alkanes of at least 4 members (excludes halogenated alkanes) is 1. The Hall–Kier alpha value is -3.30. The van der Waals surface area contributed by atoms with Crippen LogP contribution < -0.4 is 16.0 Å². The Kier molecular flexibility index (Phi) is 9.39. The number of nitrogens with zero attached hydrogens (tertiary/aromatic N) is 4. The van der Waals surface area contributed by atoms with Crippen molar-refractivity contribution in [2.75, 3.05) is 0 Å². The second-order valence-electron chi connectivity index (χ2n) is 11.0. The summed E-state index contributed by atoms with van der Waals surface area (Å²) in [5.41, 5.74) is 2.29. The van der Waals surface area contributed by atoms with Crippen LogP contribution in [-0.2, 0) is 20.8 Å². The first-order valence-electron chi connectivity index (χ1n) is 13.3. The minimum atomic E-state index is -0.757. The average molecular weight is 512 g/mol. The van der Waals surface area contributed by atoms with Crippen LogP contribution in [-0.4, -0.2) is 49.8 Å². The van der Waals surface area contributed by atoms with Gasteiger partial charge in [0.25, 0.3) is 0 Å². The minimum absolute atomic E-state index is 0.0236. The first-order valence-corrected chi connectivity index (χ1v) is 13.3. The number of nitrogens with one attached hydrogen (secondary N) is 3. The van der Waals surface area contributed by atoms with Crippen LogP contribution in [0.4, 0.5) is 0 Å². The second kappa shape index (κ2) is 12.3. The minimum Gasteiger partial charge on any atom is -0.346 e. The van der Waals surface area contributed by atoms with Crippen LogP contribution in [0, 0.1) is 5.41 Å². The maximum Gasteiger partial charge on any atom is 0.243 e. The van der Waals surface area contributed by atoms with Crippen LogP contribution >= 0.6 is 0 Å². The predicted molar refractivity (Wildman–Crippen MR) is 140 cm³/mol. The highest BCUT2D eigenvalue weighted by molar-refractivity contribution is 5.92. The van der Waals surface area contributed by atoms with Crippen molar-refractivity contribution in [3.05, 3.63) is 41.5 Å². The summed E-state index contributed by atoms with van der Waals surface area (Å²) in [5.74, 6) is -0.906. The van der Waals surface area contributed by atoms with Gasteiger partial charge < -0.3 is 16.0 Å². The summed E-state index contributed by atoms with van der Waals surface area (Å²) < 4.78 is 1.83. The number of carbonyl (C=O) groups is 3. The molecule has 4 atom stereocenters. The number of hydrogen-bond acceptors (Lipinski definition) is 6. The summed E-state index contributed by atoms with van der Waals surface area (Å²) in [6.07, 6.45) is 8.83. The molecule has 0 bridgehead atoms. The topological polar surface area (TPSA) is 131 Å². The first-order chi connectivity index (χ1) is 17.5. The van der Waals surface area contributed by atoms with E-state index in [1.807, 2.05) is 30.8 Å². The SMILES string of the molecule is CCCCC(NC(=O)C(C)NC(=O)C(C)(C)C)C(=O)NC(C)c1cn([C@H]2CCCc3cccnc32)nn1. The fourth-order valence-electron chi connectivity index (χ4n) is 4.32. The summed E-state index contributed by atoms with van der Waals surface area (Å²) in [6.45, 7) is 10.8. The normalized spacial score (nSPS) is 17.7. The van der Waals surface area contributed by atoms with Gasteiger partial charge in [0.05, 0.1) is 24.0 Å². The van der Waals surface area contributed by atoms with Crippen molar-refractivity contribution < 1.29 is 14.4 Å². The Morgan fingerprint density at radius 1 is 1.14 bits per heavy atom. The molecule has 202 valence electrons. The Morgan fingerprint density at radius 3 is 2.59 bits per heavy atom. The number of rotatable bonds is 10. The van der Waals surface area contributed by atoms with Crippen LogP contribution in [0.2, 0.25) is 0 Å². The molecule has 10 heteroatoms. The monoisotopic (exact) mass is 511 g/mol. The molecule has 0 saturated carbocycles. The molecule has 2 aromatic heterocycles. The molecule has 0 fully saturated rings. The molecule has 37 heavy (non-hydrogen) atoms. The number of pyridine rings is 1.